The van der Waals surface area contributed by atoms with Crippen molar-refractivity contribution < 1.29 is 40.2 Å². The molecule has 1 aliphatic heterocycles. The summed E-state index contributed by atoms with van der Waals surface area (Å²) in [5.41, 5.74) is 0. The third-order valence-corrected chi connectivity index (χ3v) is 5.17. The molecular weight excluding hydrogens is 405 g/mol. The van der Waals surface area contributed by atoms with Gasteiger partial charge in [0, 0.05) is 19.6 Å². The van der Waals surface area contributed by atoms with Crippen LogP contribution in [0.5, 0.6) is 0 Å². The summed E-state index contributed by atoms with van der Waals surface area (Å²) in [5, 5.41) is 0. The van der Waals surface area contributed by atoms with Crippen LogP contribution in [-0.2, 0) is 9.47 Å². The predicted molar refractivity (Wildman–Crippen MR) is 96.5 cm³/mol. The second kappa shape index (κ2) is 13.0. The average molecular weight is 438 g/mol. The number of rotatable bonds is 16. The highest BCUT2D eigenvalue weighted by molar-refractivity contribution is 4.90. The molecule has 1 aliphatic rings. The van der Waals surface area contributed by atoms with Gasteiger partial charge in [-0.1, -0.05) is 51.4 Å². The van der Waals surface area contributed by atoms with E-state index in [0.29, 0.717) is 13.0 Å². The molecule has 0 radical (unpaired) electrons. The van der Waals surface area contributed by atoms with Gasteiger partial charge < -0.3 is 9.47 Å². The van der Waals surface area contributed by atoms with E-state index < -0.39 is 24.4 Å². The molecule has 0 N–H and O–H groups in total. The fourth-order valence-corrected chi connectivity index (χ4v) is 3.32. The molecule has 2 nitrogen and oxygen atoms in total. The maximum absolute atomic E-state index is 13.1. The van der Waals surface area contributed by atoms with Crippen LogP contribution in [0.1, 0.15) is 83.5 Å². The predicted octanol–water partition coefficient (Wildman–Crippen LogP) is 7.31. The monoisotopic (exact) mass is 438 g/mol. The minimum atomic E-state index is -6.23. The molecule has 1 saturated heterocycles. The molecule has 9 heteroatoms. The number of alkyl halides is 7. The van der Waals surface area contributed by atoms with Gasteiger partial charge >= 0.3 is 18.0 Å². The van der Waals surface area contributed by atoms with E-state index in [4.69, 9.17) is 9.47 Å². The highest BCUT2D eigenvalue weighted by Gasteiger charge is 2.72. The van der Waals surface area contributed by atoms with Crippen LogP contribution in [-0.4, -0.2) is 43.9 Å². The number of hydrogen-bond donors (Lipinski definition) is 0. The molecule has 0 aromatic carbocycles. The van der Waals surface area contributed by atoms with Crippen molar-refractivity contribution in [1.82, 2.24) is 0 Å². The number of unbranched alkanes of at least 4 members (excludes halogenated alkanes) is 9. The first-order valence-corrected chi connectivity index (χ1v) is 10.6. The number of ether oxygens (including phenoxy) is 2. The summed E-state index contributed by atoms with van der Waals surface area (Å²) < 4.78 is 98.8. The molecule has 0 aliphatic carbocycles. The molecule has 1 heterocycles. The van der Waals surface area contributed by atoms with Crippen molar-refractivity contribution in [2.45, 2.75) is 108 Å². The minimum Gasteiger partial charge on any atom is -0.379 e. The van der Waals surface area contributed by atoms with Gasteiger partial charge in [0.25, 0.3) is 0 Å². The molecule has 0 aromatic rings. The summed E-state index contributed by atoms with van der Waals surface area (Å²) in [6.07, 6.45) is 2.10. The molecule has 174 valence electrons. The first kappa shape index (κ1) is 26.5. The van der Waals surface area contributed by atoms with Crippen molar-refractivity contribution in [3.05, 3.63) is 0 Å². The van der Waals surface area contributed by atoms with Gasteiger partial charge in [-0.25, -0.2) is 0 Å². The van der Waals surface area contributed by atoms with Crippen LogP contribution in [0.2, 0.25) is 0 Å². The van der Waals surface area contributed by atoms with Crippen LogP contribution in [0.25, 0.3) is 0 Å². The van der Waals surface area contributed by atoms with Crippen molar-refractivity contribution in [2.75, 3.05) is 19.8 Å². The summed E-state index contributed by atoms with van der Waals surface area (Å²) in [6.45, 7) is 2.23. The number of halogens is 7. The first-order chi connectivity index (χ1) is 13.6. The van der Waals surface area contributed by atoms with Crippen molar-refractivity contribution in [2.24, 2.45) is 0 Å². The highest BCUT2D eigenvalue weighted by Crippen LogP contribution is 2.48. The molecule has 1 rings (SSSR count). The standard InChI is InChI=1S/C20H33F7O2/c21-18(22,19(23,24)20(25,26)27)13-9-7-5-3-1-2-4-6-8-10-14-28-16-17-12-11-15-29-17/h17H,1-16H2. The van der Waals surface area contributed by atoms with Crippen LogP contribution >= 0.6 is 0 Å². The third-order valence-electron chi connectivity index (χ3n) is 5.17. The minimum absolute atomic E-state index is 0.228. The van der Waals surface area contributed by atoms with Gasteiger partial charge in [-0.15, -0.1) is 0 Å². The lowest BCUT2D eigenvalue weighted by molar-refractivity contribution is -0.355. The zero-order chi connectivity index (χ0) is 21.8. The topological polar surface area (TPSA) is 18.5 Å². The van der Waals surface area contributed by atoms with Crippen molar-refractivity contribution in [3.8, 4) is 0 Å². The lowest BCUT2D eigenvalue weighted by atomic mass is 10.0. The Hall–Kier alpha value is -0.570. The molecule has 0 spiro atoms. The quantitative estimate of drug-likeness (QED) is 0.186. The summed E-state index contributed by atoms with van der Waals surface area (Å²) in [5.74, 6) is -11.0. The molecule has 1 unspecified atom stereocenters. The molecular formula is C20H33F7O2. The van der Waals surface area contributed by atoms with Crippen LogP contribution in [0.3, 0.4) is 0 Å². The van der Waals surface area contributed by atoms with Gasteiger partial charge in [0.05, 0.1) is 12.7 Å². The Balaban J connectivity index is 1.88. The van der Waals surface area contributed by atoms with Crippen LogP contribution in [0, 0.1) is 0 Å². The zero-order valence-corrected chi connectivity index (χ0v) is 16.9. The van der Waals surface area contributed by atoms with E-state index in [1.54, 1.807) is 0 Å². The molecule has 0 aromatic heterocycles. The zero-order valence-electron chi connectivity index (χ0n) is 16.9. The largest absolute Gasteiger partial charge is 0.459 e. The van der Waals surface area contributed by atoms with E-state index in [0.717, 1.165) is 71.0 Å². The summed E-state index contributed by atoms with van der Waals surface area (Å²) in [4.78, 5) is 0. The molecule has 1 atom stereocenters. The Morgan fingerprint density at radius 1 is 0.724 bits per heavy atom. The van der Waals surface area contributed by atoms with Gasteiger partial charge in [-0.05, 0) is 25.7 Å². The van der Waals surface area contributed by atoms with E-state index in [1.165, 1.54) is 0 Å². The molecule has 0 amide bonds. The van der Waals surface area contributed by atoms with Gasteiger partial charge in [0.1, 0.15) is 0 Å². The highest BCUT2D eigenvalue weighted by atomic mass is 19.4. The van der Waals surface area contributed by atoms with Crippen LogP contribution < -0.4 is 0 Å². The van der Waals surface area contributed by atoms with Crippen molar-refractivity contribution >= 4 is 0 Å². The van der Waals surface area contributed by atoms with Gasteiger partial charge in [-0.3, -0.25) is 0 Å². The van der Waals surface area contributed by atoms with E-state index in [9.17, 15) is 30.7 Å². The summed E-state index contributed by atoms with van der Waals surface area (Å²) >= 11 is 0. The summed E-state index contributed by atoms with van der Waals surface area (Å²) in [7, 11) is 0. The fraction of sp³-hybridized carbons (Fsp3) is 1.00. The van der Waals surface area contributed by atoms with Crippen LogP contribution in [0.4, 0.5) is 30.7 Å². The molecule has 29 heavy (non-hydrogen) atoms. The van der Waals surface area contributed by atoms with E-state index in [-0.39, 0.29) is 18.9 Å². The Bertz CT molecular complexity index is 422. The number of hydrogen-bond acceptors (Lipinski definition) is 2. The first-order valence-electron chi connectivity index (χ1n) is 10.6. The Labute approximate surface area is 168 Å². The molecule has 0 saturated carbocycles. The average Bonchev–Trinajstić information content (AvgIpc) is 3.14. The van der Waals surface area contributed by atoms with Gasteiger partial charge in [0.15, 0.2) is 0 Å². The second-order valence-corrected chi connectivity index (χ2v) is 7.77. The van der Waals surface area contributed by atoms with E-state index in [1.807, 2.05) is 0 Å². The lowest BCUT2D eigenvalue weighted by Gasteiger charge is -2.28. The molecule has 1 fully saturated rings. The SMILES string of the molecule is FC(F)(F)C(F)(F)C(F)(F)CCCCCCCCCCCCOCC1CCCO1. The molecule has 0 bridgehead atoms. The second-order valence-electron chi connectivity index (χ2n) is 7.77. The Kier molecular flexibility index (Phi) is 11.8. The Morgan fingerprint density at radius 3 is 1.72 bits per heavy atom. The van der Waals surface area contributed by atoms with Gasteiger partial charge in [-0.2, -0.15) is 30.7 Å². The van der Waals surface area contributed by atoms with Crippen molar-refractivity contribution in [1.29, 1.82) is 0 Å². The third kappa shape index (κ3) is 9.85. The fourth-order valence-electron chi connectivity index (χ4n) is 3.32. The maximum atomic E-state index is 13.1. The Morgan fingerprint density at radius 2 is 1.24 bits per heavy atom. The summed E-state index contributed by atoms with van der Waals surface area (Å²) in [6, 6.07) is 0. The maximum Gasteiger partial charge on any atom is 0.459 e. The van der Waals surface area contributed by atoms with Crippen LogP contribution in [0.15, 0.2) is 0 Å². The normalized spacial score (nSPS) is 18.5. The smallest absolute Gasteiger partial charge is 0.379 e. The van der Waals surface area contributed by atoms with E-state index >= 15 is 0 Å². The van der Waals surface area contributed by atoms with Gasteiger partial charge in [0.2, 0.25) is 0 Å². The lowest BCUT2D eigenvalue weighted by Crippen LogP contribution is -2.51. The van der Waals surface area contributed by atoms with E-state index in [2.05, 4.69) is 0 Å². The van der Waals surface area contributed by atoms with Crippen molar-refractivity contribution in [3.63, 3.8) is 0 Å².